The molecule has 4 aromatic rings. The second-order valence-corrected chi connectivity index (χ2v) is 9.64. The Morgan fingerprint density at radius 1 is 1.13 bits per heavy atom. The lowest BCUT2D eigenvalue weighted by Crippen LogP contribution is -2.25. The number of ether oxygens (including phenoxy) is 1. The van der Waals surface area contributed by atoms with Crippen LogP contribution in [0.15, 0.2) is 45.5 Å². The molecule has 0 aliphatic heterocycles. The number of rotatable bonds is 8. The Morgan fingerprint density at radius 2 is 1.94 bits per heavy atom. The van der Waals surface area contributed by atoms with Crippen LogP contribution < -0.4 is 9.61 Å². The maximum Gasteiger partial charge on any atom is 0.330 e. The highest BCUT2D eigenvalue weighted by Crippen LogP contribution is 2.33. The van der Waals surface area contributed by atoms with Gasteiger partial charge in [-0.2, -0.15) is 4.68 Å². The zero-order valence-electron chi connectivity index (χ0n) is 17.6. The van der Waals surface area contributed by atoms with E-state index in [-0.39, 0.29) is 4.87 Å². The number of hydrogen-bond acceptors (Lipinski definition) is 7. The Morgan fingerprint density at radius 3 is 2.68 bits per heavy atom. The topological polar surface area (TPSA) is 60.3 Å². The van der Waals surface area contributed by atoms with Gasteiger partial charge in [0, 0.05) is 28.1 Å². The number of nitrogens with zero attached hydrogens (tertiary/aromatic N) is 4. The van der Waals surface area contributed by atoms with E-state index in [1.807, 2.05) is 24.3 Å². The molecule has 0 aliphatic carbocycles. The van der Waals surface area contributed by atoms with Crippen LogP contribution in [0.4, 0.5) is 0 Å². The van der Waals surface area contributed by atoms with E-state index in [9.17, 15) is 4.79 Å². The molecule has 0 fully saturated rings. The third-order valence-electron chi connectivity index (χ3n) is 5.18. The summed E-state index contributed by atoms with van der Waals surface area (Å²) >= 11 is 8.99. The molecule has 0 aliphatic rings. The van der Waals surface area contributed by atoms with Gasteiger partial charge in [0.1, 0.15) is 5.75 Å². The first-order valence-electron chi connectivity index (χ1n) is 10.1. The molecule has 2 heterocycles. The van der Waals surface area contributed by atoms with Crippen molar-refractivity contribution in [3.8, 4) is 11.4 Å². The van der Waals surface area contributed by atoms with Crippen molar-refractivity contribution in [3.63, 3.8) is 0 Å². The fourth-order valence-corrected chi connectivity index (χ4v) is 5.51. The van der Waals surface area contributed by atoms with Crippen molar-refractivity contribution >= 4 is 56.5 Å². The first-order valence-corrected chi connectivity index (χ1v) is 12.2. The molecule has 4 rings (SSSR count). The largest absolute Gasteiger partial charge is 0.497 e. The van der Waals surface area contributed by atoms with Crippen molar-refractivity contribution in [2.75, 3.05) is 32.5 Å². The van der Waals surface area contributed by atoms with Crippen LogP contribution in [0.1, 0.15) is 13.8 Å². The van der Waals surface area contributed by atoms with Crippen LogP contribution in [0.3, 0.4) is 0 Å². The van der Waals surface area contributed by atoms with Crippen molar-refractivity contribution in [2.24, 2.45) is 0 Å². The molecule has 162 valence electrons. The zero-order valence-corrected chi connectivity index (χ0v) is 20.0. The van der Waals surface area contributed by atoms with E-state index in [1.54, 1.807) is 31.0 Å². The summed E-state index contributed by atoms with van der Waals surface area (Å²) in [6, 6.07) is 11.1. The van der Waals surface area contributed by atoms with Crippen molar-refractivity contribution in [1.29, 1.82) is 0 Å². The Bertz CT molecular complexity index is 1280. The van der Waals surface area contributed by atoms with Crippen LogP contribution in [0, 0.1) is 0 Å². The van der Waals surface area contributed by atoms with Gasteiger partial charge in [0.15, 0.2) is 4.34 Å². The summed E-state index contributed by atoms with van der Waals surface area (Å²) in [5.74, 6) is 1.58. The number of hydrogen-bond donors (Lipinski definition) is 0. The van der Waals surface area contributed by atoms with Gasteiger partial charge in [0.25, 0.3) is 0 Å². The minimum atomic E-state index is -0.128. The van der Waals surface area contributed by atoms with E-state index >= 15 is 0 Å². The molecule has 0 unspecified atom stereocenters. The van der Waals surface area contributed by atoms with Gasteiger partial charge >= 0.3 is 4.87 Å². The maximum atomic E-state index is 13.0. The monoisotopic (exact) mass is 474 g/mol. The van der Waals surface area contributed by atoms with Gasteiger partial charge in [-0.3, -0.25) is 4.79 Å². The molecule has 0 spiro atoms. The van der Waals surface area contributed by atoms with Crippen LogP contribution in [-0.2, 0) is 0 Å². The zero-order chi connectivity index (χ0) is 22.0. The van der Waals surface area contributed by atoms with Gasteiger partial charge in [0.05, 0.1) is 23.8 Å². The molecular formula is C22H23ClN4O2S2. The molecule has 0 atom stereocenters. The van der Waals surface area contributed by atoms with Crippen molar-refractivity contribution in [1.82, 2.24) is 19.7 Å². The lowest BCUT2D eigenvalue weighted by Gasteiger charge is -2.16. The number of thioether (sulfide) groups is 1. The van der Waals surface area contributed by atoms with E-state index in [4.69, 9.17) is 21.3 Å². The van der Waals surface area contributed by atoms with Gasteiger partial charge in [0.2, 0.25) is 0 Å². The summed E-state index contributed by atoms with van der Waals surface area (Å²) in [7, 11) is 1.62. The third-order valence-corrected chi connectivity index (χ3v) is 7.34. The molecule has 6 nitrogen and oxygen atoms in total. The number of methoxy groups -OCH3 is 1. The summed E-state index contributed by atoms with van der Waals surface area (Å²) in [4.78, 5) is 19.9. The fourth-order valence-electron chi connectivity index (χ4n) is 3.49. The SMILES string of the molecule is CCN(CC)CCSc1nn(-c2c3ccc(Cl)cc3nc3ccc(OC)cc23)c(=O)s1. The number of benzene rings is 2. The summed E-state index contributed by atoms with van der Waals surface area (Å²) in [5, 5.41) is 6.89. The highest BCUT2D eigenvalue weighted by atomic mass is 35.5. The van der Waals surface area contributed by atoms with Crippen LogP contribution >= 0.6 is 34.7 Å². The van der Waals surface area contributed by atoms with Crippen LogP contribution in [0.2, 0.25) is 5.02 Å². The average molecular weight is 475 g/mol. The normalized spacial score (nSPS) is 11.6. The summed E-state index contributed by atoms with van der Waals surface area (Å²) < 4.78 is 7.66. The standard InChI is InChI=1S/C22H23ClN4O2S2/c1-4-26(5-2)10-11-30-21-25-27(22(28)31-21)20-16-8-6-14(23)12-19(16)24-18-9-7-15(29-3)13-17(18)20/h6-9,12-13H,4-5,10-11H2,1-3H3. The number of pyridine rings is 1. The fraction of sp³-hybridized carbons (Fsp3) is 0.318. The van der Waals surface area contributed by atoms with E-state index in [1.165, 1.54) is 16.0 Å². The van der Waals surface area contributed by atoms with Crippen LogP contribution in [0.5, 0.6) is 5.75 Å². The highest BCUT2D eigenvalue weighted by Gasteiger charge is 2.17. The molecule has 0 radical (unpaired) electrons. The van der Waals surface area contributed by atoms with Gasteiger partial charge < -0.3 is 9.64 Å². The van der Waals surface area contributed by atoms with E-state index in [0.717, 1.165) is 51.5 Å². The molecule has 31 heavy (non-hydrogen) atoms. The quantitative estimate of drug-likeness (QED) is 0.262. The first-order chi connectivity index (χ1) is 15.0. The Kier molecular flexibility index (Phi) is 6.81. The van der Waals surface area contributed by atoms with E-state index in [2.05, 4.69) is 23.8 Å². The average Bonchev–Trinajstić information content (AvgIpc) is 3.14. The molecule has 9 heteroatoms. The summed E-state index contributed by atoms with van der Waals surface area (Å²) in [5.41, 5.74) is 2.17. The van der Waals surface area contributed by atoms with Crippen molar-refractivity contribution < 1.29 is 4.74 Å². The van der Waals surface area contributed by atoms with E-state index in [0.29, 0.717) is 16.5 Å². The minimum Gasteiger partial charge on any atom is -0.497 e. The van der Waals surface area contributed by atoms with Crippen LogP contribution in [-0.4, -0.2) is 52.2 Å². The molecule has 2 aromatic carbocycles. The van der Waals surface area contributed by atoms with E-state index < -0.39 is 0 Å². The predicted molar refractivity (Wildman–Crippen MR) is 131 cm³/mol. The predicted octanol–water partition coefficient (Wildman–Crippen LogP) is 5.09. The van der Waals surface area contributed by atoms with Gasteiger partial charge in [-0.25, -0.2) is 4.98 Å². The third kappa shape index (κ3) is 4.57. The Balaban J connectivity index is 1.82. The van der Waals surface area contributed by atoms with Gasteiger partial charge in [-0.15, -0.1) is 5.10 Å². The molecular weight excluding hydrogens is 452 g/mol. The van der Waals surface area contributed by atoms with Gasteiger partial charge in [-0.05, 0) is 60.8 Å². The first kappa shape index (κ1) is 22.1. The molecule has 0 saturated heterocycles. The lowest BCUT2D eigenvalue weighted by atomic mass is 10.1. The Hall–Kier alpha value is -2.13. The summed E-state index contributed by atoms with van der Waals surface area (Å²) in [6.45, 7) is 7.30. The minimum absolute atomic E-state index is 0.128. The second kappa shape index (κ2) is 9.56. The lowest BCUT2D eigenvalue weighted by molar-refractivity contribution is 0.324. The highest BCUT2D eigenvalue weighted by molar-refractivity contribution is 8.01. The van der Waals surface area contributed by atoms with Crippen molar-refractivity contribution in [3.05, 3.63) is 51.1 Å². The smallest absolute Gasteiger partial charge is 0.330 e. The molecule has 0 amide bonds. The molecule has 0 bridgehead atoms. The maximum absolute atomic E-state index is 13.0. The Labute approximate surface area is 193 Å². The van der Waals surface area contributed by atoms with Crippen molar-refractivity contribution in [2.45, 2.75) is 18.2 Å². The molecule has 2 aromatic heterocycles. The molecule has 0 N–H and O–H groups in total. The van der Waals surface area contributed by atoms with Crippen LogP contribution in [0.25, 0.3) is 27.5 Å². The van der Waals surface area contributed by atoms with Gasteiger partial charge in [-0.1, -0.05) is 37.2 Å². The number of halogens is 1. The summed E-state index contributed by atoms with van der Waals surface area (Å²) in [6.07, 6.45) is 0. The number of fused-ring (bicyclic) bond motifs is 2. The number of aromatic nitrogens is 3. The molecule has 0 saturated carbocycles. The second-order valence-electron chi connectivity index (χ2n) is 6.93.